The first-order chi connectivity index (χ1) is 9.69. The van der Waals surface area contributed by atoms with Gasteiger partial charge in [0.1, 0.15) is 11.5 Å². The van der Waals surface area contributed by atoms with E-state index in [4.69, 9.17) is 9.47 Å². The van der Waals surface area contributed by atoms with E-state index in [9.17, 15) is 0 Å². The maximum absolute atomic E-state index is 5.38. The third-order valence-electron chi connectivity index (χ3n) is 3.83. The van der Waals surface area contributed by atoms with Crippen molar-refractivity contribution < 1.29 is 9.47 Å². The molecule has 0 aliphatic rings. The van der Waals surface area contributed by atoms with E-state index in [0.717, 1.165) is 11.5 Å². The van der Waals surface area contributed by atoms with Crippen molar-refractivity contribution in [3.05, 3.63) is 23.8 Å². The van der Waals surface area contributed by atoms with Crippen molar-refractivity contribution in [2.24, 2.45) is 5.92 Å². The lowest BCUT2D eigenvalue weighted by Gasteiger charge is -2.27. The second-order valence-electron chi connectivity index (χ2n) is 5.25. The average Bonchev–Trinajstić information content (AvgIpc) is 2.48. The minimum Gasteiger partial charge on any atom is -0.497 e. The molecule has 0 aromatic heterocycles. The highest BCUT2D eigenvalue weighted by Crippen LogP contribution is 2.33. The van der Waals surface area contributed by atoms with Crippen LogP contribution in [0.25, 0.3) is 0 Å². The second-order valence-corrected chi connectivity index (χ2v) is 5.25. The Hall–Kier alpha value is -1.22. The van der Waals surface area contributed by atoms with E-state index in [1.807, 2.05) is 13.1 Å². The molecular weight excluding hydrogens is 250 g/mol. The molecule has 1 unspecified atom stereocenters. The maximum Gasteiger partial charge on any atom is 0.122 e. The van der Waals surface area contributed by atoms with Gasteiger partial charge in [0.2, 0.25) is 0 Å². The van der Waals surface area contributed by atoms with Crippen LogP contribution in [0.5, 0.6) is 11.5 Å². The highest BCUT2D eigenvalue weighted by Gasteiger charge is 2.21. The molecule has 0 amide bonds. The summed E-state index contributed by atoms with van der Waals surface area (Å²) >= 11 is 0. The van der Waals surface area contributed by atoms with Crippen LogP contribution in [0.4, 0.5) is 0 Å². The summed E-state index contributed by atoms with van der Waals surface area (Å²) in [7, 11) is 5.43. The first-order valence-corrected chi connectivity index (χ1v) is 7.60. The summed E-state index contributed by atoms with van der Waals surface area (Å²) in [6, 6.07) is 6.49. The van der Waals surface area contributed by atoms with Crippen LogP contribution < -0.4 is 14.8 Å². The highest BCUT2D eigenvalue weighted by molar-refractivity contribution is 5.40. The first kappa shape index (κ1) is 16.8. The molecule has 0 bridgehead atoms. The molecule has 0 fully saturated rings. The zero-order chi connectivity index (χ0) is 15.0. The monoisotopic (exact) mass is 279 g/mol. The zero-order valence-electron chi connectivity index (χ0n) is 13.5. The van der Waals surface area contributed by atoms with Crippen LogP contribution in [0.2, 0.25) is 0 Å². The topological polar surface area (TPSA) is 30.5 Å². The Morgan fingerprint density at radius 3 is 1.80 bits per heavy atom. The molecule has 114 valence electrons. The summed E-state index contributed by atoms with van der Waals surface area (Å²) in [4.78, 5) is 0. The molecule has 1 aromatic rings. The number of hydrogen-bond donors (Lipinski definition) is 1. The molecule has 20 heavy (non-hydrogen) atoms. The van der Waals surface area contributed by atoms with E-state index in [-0.39, 0.29) is 0 Å². The van der Waals surface area contributed by atoms with E-state index in [2.05, 4.69) is 31.3 Å². The largest absolute Gasteiger partial charge is 0.497 e. The Morgan fingerprint density at radius 1 is 0.950 bits per heavy atom. The van der Waals surface area contributed by atoms with Crippen molar-refractivity contribution in [2.45, 2.75) is 45.6 Å². The predicted molar refractivity (Wildman–Crippen MR) is 84.7 cm³/mol. The average molecular weight is 279 g/mol. The van der Waals surface area contributed by atoms with Crippen LogP contribution in [0.15, 0.2) is 18.2 Å². The third-order valence-corrected chi connectivity index (χ3v) is 3.83. The normalized spacial score (nSPS) is 12.5. The van der Waals surface area contributed by atoms with Gasteiger partial charge < -0.3 is 14.8 Å². The van der Waals surface area contributed by atoms with E-state index >= 15 is 0 Å². The molecule has 3 heteroatoms. The molecule has 0 saturated heterocycles. The SMILES string of the molecule is CCCC(CCC)C(NC)c1cc(OC)cc(OC)c1. The van der Waals surface area contributed by atoms with Crippen LogP contribution in [0.1, 0.15) is 51.1 Å². The Kier molecular flexibility index (Phi) is 7.45. The second kappa shape index (κ2) is 8.85. The molecule has 0 aliphatic carbocycles. The van der Waals surface area contributed by atoms with Gasteiger partial charge in [0.15, 0.2) is 0 Å². The summed E-state index contributed by atoms with van der Waals surface area (Å²) in [6.45, 7) is 4.50. The molecule has 1 aromatic carbocycles. The molecule has 0 heterocycles. The van der Waals surface area contributed by atoms with Crippen molar-refractivity contribution in [1.82, 2.24) is 5.32 Å². The minimum absolute atomic E-state index is 0.346. The number of hydrogen-bond acceptors (Lipinski definition) is 3. The fraction of sp³-hybridized carbons (Fsp3) is 0.647. The first-order valence-electron chi connectivity index (χ1n) is 7.60. The smallest absolute Gasteiger partial charge is 0.122 e. The van der Waals surface area contributed by atoms with Crippen LogP contribution in [0.3, 0.4) is 0 Å². The van der Waals surface area contributed by atoms with Gasteiger partial charge in [-0.25, -0.2) is 0 Å². The van der Waals surface area contributed by atoms with Crippen LogP contribution in [-0.2, 0) is 0 Å². The Morgan fingerprint density at radius 2 is 1.45 bits per heavy atom. The van der Waals surface area contributed by atoms with Crippen LogP contribution in [-0.4, -0.2) is 21.3 Å². The van der Waals surface area contributed by atoms with Crippen LogP contribution >= 0.6 is 0 Å². The molecule has 0 saturated carbocycles. The molecule has 3 nitrogen and oxygen atoms in total. The fourth-order valence-electron chi connectivity index (χ4n) is 2.90. The third kappa shape index (κ3) is 4.41. The van der Waals surface area contributed by atoms with E-state index in [1.54, 1.807) is 14.2 Å². The Balaban J connectivity index is 3.08. The summed E-state index contributed by atoms with van der Waals surface area (Å²) < 4.78 is 10.8. The van der Waals surface area contributed by atoms with Crippen molar-refractivity contribution in [2.75, 3.05) is 21.3 Å². The van der Waals surface area contributed by atoms with Gasteiger partial charge in [0.25, 0.3) is 0 Å². The van der Waals surface area contributed by atoms with Gasteiger partial charge in [-0.15, -0.1) is 0 Å². The summed E-state index contributed by atoms with van der Waals surface area (Å²) in [6.07, 6.45) is 4.89. The molecule has 1 N–H and O–H groups in total. The molecule has 0 aliphatic heterocycles. The number of benzene rings is 1. The standard InChI is InChI=1S/C17H29NO2/c1-6-8-13(9-7-2)17(18-3)14-10-15(19-4)12-16(11-14)20-5/h10-13,17-18H,6-9H2,1-5H3. The fourth-order valence-corrected chi connectivity index (χ4v) is 2.90. The predicted octanol–water partition coefficient (Wildman–Crippen LogP) is 4.18. The van der Waals surface area contributed by atoms with E-state index in [0.29, 0.717) is 12.0 Å². The quantitative estimate of drug-likeness (QED) is 0.735. The Labute approximate surface area is 123 Å². The number of rotatable bonds is 9. The van der Waals surface area contributed by atoms with Gasteiger partial charge in [-0.3, -0.25) is 0 Å². The van der Waals surface area contributed by atoms with Crippen molar-refractivity contribution >= 4 is 0 Å². The Bertz CT molecular complexity index is 364. The molecule has 1 atom stereocenters. The van der Waals surface area contributed by atoms with Crippen molar-refractivity contribution in [3.63, 3.8) is 0 Å². The molecular formula is C17H29NO2. The lowest BCUT2D eigenvalue weighted by Crippen LogP contribution is -2.25. The molecule has 0 radical (unpaired) electrons. The zero-order valence-corrected chi connectivity index (χ0v) is 13.5. The summed E-state index contributed by atoms with van der Waals surface area (Å²) in [5, 5.41) is 3.48. The highest BCUT2D eigenvalue weighted by atomic mass is 16.5. The van der Waals surface area contributed by atoms with Gasteiger partial charge in [-0.2, -0.15) is 0 Å². The van der Waals surface area contributed by atoms with Gasteiger partial charge in [0.05, 0.1) is 14.2 Å². The van der Waals surface area contributed by atoms with E-state index in [1.165, 1.54) is 31.2 Å². The lowest BCUT2D eigenvalue weighted by atomic mass is 9.86. The van der Waals surface area contributed by atoms with Crippen molar-refractivity contribution in [3.8, 4) is 11.5 Å². The lowest BCUT2D eigenvalue weighted by molar-refractivity contribution is 0.327. The minimum atomic E-state index is 0.346. The summed E-state index contributed by atoms with van der Waals surface area (Å²) in [5.41, 5.74) is 1.25. The molecule has 1 rings (SSSR count). The van der Waals surface area contributed by atoms with Gasteiger partial charge in [-0.05, 0) is 43.5 Å². The van der Waals surface area contributed by atoms with E-state index < -0.39 is 0 Å². The van der Waals surface area contributed by atoms with Crippen molar-refractivity contribution in [1.29, 1.82) is 0 Å². The summed E-state index contributed by atoms with van der Waals surface area (Å²) in [5.74, 6) is 2.35. The number of ether oxygens (including phenoxy) is 2. The number of nitrogens with one attached hydrogen (secondary N) is 1. The molecule has 0 spiro atoms. The van der Waals surface area contributed by atoms with Gasteiger partial charge in [0, 0.05) is 12.1 Å². The number of methoxy groups -OCH3 is 2. The van der Waals surface area contributed by atoms with Crippen LogP contribution in [0, 0.1) is 5.92 Å². The van der Waals surface area contributed by atoms with Gasteiger partial charge in [-0.1, -0.05) is 26.7 Å². The van der Waals surface area contributed by atoms with Gasteiger partial charge >= 0.3 is 0 Å². The maximum atomic E-state index is 5.38.